The van der Waals surface area contributed by atoms with Gasteiger partial charge in [0.15, 0.2) is 5.82 Å². The average molecular weight is 519 g/mol. The van der Waals surface area contributed by atoms with E-state index >= 15 is 0 Å². The fourth-order valence-corrected chi connectivity index (χ4v) is 6.38. The lowest BCUT2D eigenvalue weighted by atomic mass is 9.73. The summed E-state index contributed by atoms with van der Waals surface area (Å²) in [6.45, 7) is 6.34. The minimum Gasteiger partial charge on any atom is -0.494 e. The Bertz CT molecular complexity index is 1510. The van der Waals surface area contributed by atoms with Crippen LogP contribution in [0.3, 0.4) is 0 Å². The van der Waals surface area contributed by atoms with Gasteiger partial charge in [0.2, 0.25) is 0 Å². The highest BCUT2D eigenvalue weighted by atomic mass is 19.1. The molecule has 2 N–H and O–H groups in total. The monoisotopic (exact) mass is 518 g/mol. The van der Waals surface area contributed by atoms with Gasteiger partial charge in [-0.2, -0.15) is 0 Å². The molecule has 3 aromatic heterocycles. The van der Waals surface area contributed by atoms with Gasteiger partial charge in [-0.1, -0.05) is 0 Å². The normalized spacial score (nSPS) is 23.7. The van der Waals surface area contributed by atoms with Gasteiger partial charge in [-0.3, -0.25) is 4.79 Å². The van der Waals surface area contributed by atoms with Gasteiger partial charge in [0.25, 0.3) is 5.91 Å². The molecule has 2 fully saturated rings. The Morgan fingerprint density at radius 1 is 1.26 bits per heavy atom. The number of hydrogen-bond acceptors (Lipinski definition) is 5. The van der Waals surface area contributed by atoms with Crippen LogP contribution >= 0.6 is 0 Å². The number of rotatable bonds is 6. The predicted molar refractivity (Wildman–Crippen MR) is 146 cm³/mol. The molecule has 38 heavy (non-hydrogen) atoms. The third-order valence-electron chi connectivity index (χ3n) is 8.09. The molecular formula is C29H35FN6O2. The first kappa shape index (κ1) is 24.9. The maximum Gasteiger partial charge on any atom is 0.254 e. The molecule has 0 unspecified atom stereocenters. The van der Waals surface area contributed by atoms with E-state index in [0.29, 0.717) is 49.3 Å². The van der Waals surface area contributed by atoms with Crippen LogP contribution in [0.4, 0.5) is 4.39 Å². The highest BCUT2D eigenvalue weighted by Crippen LogP contribution is 2.44. The molecule has 9 heteroatoms. The van der Waals surface area contributed by atoms with E-state index in [1.54, 1.807) is 20.2 Å². The zero-order chi connectivity index (χ0) is 26.6. The summed E-state index contributed by atoms with van der Waals surface area (Å²) in [6, 6.07) is 9.75. The molecule has 8 nitrogen and oxygen atoms in total. The smallest absolute Gasteiger partial charge is 0.254 e. The van der Waals surface area contributed by atoms with Crippen molar-refractivity contribution >= 4 is 28.0 Å². The number of methoxy groups -OCH3 is 1. The van der Waals surface area contributed by atoms with Crippen molar-refractivity contribution in [3.8, 4) is 17.3 Å². The summed E-state index contributed by atoms with van der Waals surface area (Å²) >= 11 is 0. The van der Waals surface area contributed by atoms with Crippen molar-refractivity contribution in [1.29, 1.82) is 0 Å². The van der Waals surface area contributed by atoms with E-state index in [0.717, 1.165) is 47.5 Å². The van der Waals surface area contributed by atoms with Crippen molar-refractivity contribution in [2.75, 3.05) is 20.2 Å². The molecule has 4 aromatic rings. The zero-order valence-corrected chi connectivity index (χ0v) is 22.3. The van der Waals surface area contributed by atoms with Crippen LogP contribution in [-0.2, 0) is 13.1 Å². The molecule has 1 saturated carbocycles. The van der Waals surface area contributed by atoms with Crippen LogP contribution in [0.1, 0.15) is 49.9 Å². The highest BCUT2D eigenvalue weighted by molar-refractivity contribution is 6.00. The van der Waals surface area contributed by atoms with Gasteiger partial charge in [0, 0.05) is 49.4 Å². The number of carbonyl (C=O) groups is 1. The zero-order valence-electron chi connectivity index (χ0n) is 22.3. The third kappa shape index (κ3) is 4.22. The molecule has 2 aliphatic rings. The number of nitrogens with two attached hydrogens (primary N) is 1. The lowest BCUT2D eigenvalue weighted by molar-refractivity contribution is 0.0179. The molecule has 0 radical (unpaired) electrons. The van der Waals surface area contributed by atoms with E-state index in [4.69, 9.17) is 15.5 Å². The summed E-state index contributed by atoms with van der Waals surface area (Å²) in [5.74, 6) is 1.50. The second-order valence-corrected chi connectivity index (χ2v) is 11.1. The lowest BCUT2D eigenvalue weighted by Crippen LogP contribution is -2.45. The molecule has 1 aromatic carbocycles. The summed E-state index contributed by atoms with van der Waals surface area (Å²) in [4.78, 5) is 25.0. The number of ether oxygens (including phenoxy) is 1. The number of halogens is 1. The molecule has 6 rings (SSSR count). The number of fused-ring (bicyclic) bond motifs is 2. The third-order valence-corrected chi connectivity index (χ3v) is 8.09. The fraction of sp³-hybridized carbons (Fsp3) is 0.483. The van der Waals surface area contributed by atoms with Gasteiger partial charge < -0.3 is 24.5 Å². The molecule has 1 atom stereocenters. The molecule has 200 valence electrons. The molecule has 4 heterocycles. The number of carbonyl (C=O) groups excluding carboxylic acids is 1. The summed E-state index contributed by atoms with van der Waals surface area (Å²) in [7, 11) is 1.62. The number of alkyl halides is 1. The van der Waals surface area contributed by atoms with E-state index in [-0.39, 0.29) is 17.9 Å². The van der Waals surface area contributed by atoms with Crippen molar-refractivity contribution in [2.45, 2.75) is 64.3 Å². The molecule has 1 aliphatic heterocycles. The molecule has 1 aliphatic carbocycles. The molecule has 1 amide bonds. The number of benzene rings is 1. The van der Waals surface area contributed by atoms with Crippen molar-refractivity contribution in [3.05, 3.63) is 42.1 Å². The first-order valence-corrected chi connectivity index (χ1v) is 13.5. The number of amides is 1. The van der Waals surface area contributed by atoms with Gasteiger partial charge in [-0.25, -0.2) is 14.4 Å². The Labute approximate surface area is 221 Å². The predicted octanol–water partition coefficient (Wildman–Crippen LogP) is 4.78. The van der Waals surface area contributed by atoms with Gasteiger partial charge in [-0.05, 0) is 75.8 Å². The van der Waals surface area contributed by atoms with E-state index in [9.17, 15) is 9.18 Å². The van der Waals surface area contributed by atoms with E-state index in [1.165, 1.54) is 0 Å². The number of aromatic nitrogens is 4. The minimum atomic E-state index is -1.12. The van der Waals surface area contributed by atoms with Crippen LogP contribution < -0.4 is 10.5 Å². The van der Waals surface area contributed by atoms with Crippen molar-refractivity contribution in [1.82, 2.24) is 24.0 Å². The number of piperidine rings is 1. The number of nitrogens with zero attached hydrogens (tertiary/aromatic N) is 5. The van der Waals surface area contributed by atoms with Gasteiger partial charge in [0.05, 0.1) is 18.3 Å². The Morgan fingerprint density at radius 2 is 2.08 bits per heavy atom. The topological polar surface area (TPSA) is 91.2 Å². The van der Waals surface area contributed by atoms with Crippen LogP contribution in [0.25, 0.3) is 33.6 Å². The molecule has 1 saturated heterocycles. The van der Waals surface area contributed by atoms with Crippen molar-refractivity contribution in [3.63, 3.8) is 0 Å². The summed E-state index contributed by atoms with van der Waals surface area (Å²) in [6.07, 6.45) is 4.65. The number of hydrogen-bond donors (Lipinski definition) is 1. The van der Waals surface area contributed by atoms with Crippen molar-refractivity contribution < 1.29 is 13.9 Å². The quantitative estimate of drug-likeness (QED) is 0.397. The summed E-state index contributed by atoms with van der Waals surface area (Å²) in [5.41, 5.74) is 8.91. The fourth-order valence-electron chi connectivity index (χ4n) is 6.38. The van der Waals surface area contributed by atoms with Crippen LogP contribution in [0, 0.1) is 5.92 Å². The number of imidazole rings is 1. The summed E-state index contributed by atoms with van der Waals surface area (Å²) < 4.78 is 24.6. The van der Waals surface area contributed by atoms with Gasteiger partial charge in [-0.15, -0.1) is 0 Å². The SMILES string of the molecule is CCn1c(-c2nc3cc(C(=O)N4CCC[C@@H](N)C4)cc(OC)c3n2CC2CC(C)(F)C2)cc2cccnc21. The average Bonchev–Trinajstić information content (AvgIpc) is 3.44. The van der Waals surface area contributed by atoms with E-state index < -0.39 is 5.67 Å². The summed E-state index contributed by atoms with van der Waals surface area (Å²) in [5, 5.41) is 1.03. The minimum absolute atomic E-state index is 0.00243. The largest absolute Gasteiger partial charge is 0.494 e. The molecule has 0 bridgehead atoms. The second kappa shape index (κ2) is 9.38. The number of aryl methyl sites for hydroxylation is 1. The van der Waals surface area contributed by atoms with E-state index in [1.807, 2.05) is 29.2 Å². The van der Waals surface area contributed by atoms with Gasteiger partial charge >= 0.3 is 0 Å². The molecular weight excluding hydrogens is 483 g/mol. The van der Waals surface area contributed by atoms with Crippen molar-refractivity contribution in [2.24, 2.45) is 11.7 Å². The first-order valence-electron chi connectivity index (χ1n) is 13.5. The van der Waals surface area contributed by atoms with Crippen LogP contribution in [0.15, 0.2) is 36.5 Å². The number of pyridine rings is 1. The van der Waals surface area contributed by atoms with Gasteiger partial charge in [0.1, 0.15) is 22.6 Å². The standard InChI is InChI=1S/C29H35FN6O2/c1-4-35-23(12-19-7-5-9-32-26(19)35)27-33-22-11-20(28(37)34-10-6-8-21(31)17-34)13-24(38-3)25(22)36(27)16-18-14-29(2,30)15-18/h5,7,9,11-13,18,21H,4,6,8,10,14-17,31H2,1-3H3/t18?,21-,29?/m1/s1. The Hall–Kier alpha value is -3.46. The lowest BCUT2D eigenvalue weighted by Gasteiger charge is -2.39. The Balaban J connectivity index is 1.51. The highest BCUT2D eigenvalue weighted by Gasteiger charge is 2.41. The Morgan fingerprint density at radius 3 is 2.79 bits per heavy atom. The second-order valence-electron chi connectivity index (χ2n) is 11.1. The maximum atomic E-state index is 14.5. The van der Waals surface area contributed by atoms with E-state index in [2.05, 4.69) is 27.1 Å². The van der Waals surface area contributed by atoms with Crippen LogP contribution in [0.2, 0.25) is 0 Å². The Kier molecular flexibility index (Phi) is 6.13. The first-order chi connectivity index (χ1) is 18.3. The molecule has 0 spiro atoms. The van der Waals surface area contributed by atoms with Crippen LogP contribution in [0.5, 0.6) is 5.75 Å². The maximum absolute atomic E-state index is 14.5. The van der Waals surface area contributed by atoms with Crippen LogP contribution in [-0.4, -0.2) is 61.8 Å². The number of likely N-dealkylation sites (tertiary alicyclic amines) is 1.